The van der Waals surface area contributed by atoms with Crippen LogP contribution in [0.2, 0.25) is 0 Å². The number of carbonyl (C=O) groups excluding carboxylic acids is 1. The van der Waals surface area contributed by atoms with E-state index < -0.39 is 17.7 Å². The SMILES string of the molecule is CC(C)CN1C(=O)/C(=C/C(=O)O)c2cccc(F)c21. The van der Waals surface area contributed by atoms with Crippen LogP contribution in [-0.2, 0) is 9.59 Å². The first-order chi connectivity index (χ1) is 8.91. The molecule has 5 heteroatoms. The first-order valence-corrected chi connectivity index (χ1v) is 5.97. The number of hydrogen-bond acceptors (Lipinski definition) is 2. The van der Waals surface area contributed by atoms with Gasteiger partial charge in [-0.1, -0.05) is 26.0 Å². The largest absolute Gasteiger partial charge is 0.478 e. The molecule has 0 radical (unpaired) electrons. The molecule has 0 fully saturated rings. The minimum Gasteiger partial charge on any atom is -0.478 e. The van der Waals surface area contributed by atoms with E-state index in [1.54, 1.807) is 6.07 Å². The van der Waals surface area contributed by atoms with Crippen molar-refractivity contribution < 1.29 is 19.1 Å². The highest BCUT2D eigenvalue weighted by Crippen LogP contribution is 2.38. The van der Waals surface area contributed by atoms with Crippen molar-refractivity contribution in [2.75, 3.05) is 11.4 Å². The number of carboxylic acid groups (broad SMARTS) is 1. The van der Waals surface area contributed by atoms with E-state index in [4.69, 9.17) is 5.11 Å². The summed E-state index contributed by atoms with van der Waals surface area (Å²) in [5.41, 5.74) is 0.546. The number of aliphatic carboxylic acids is 1. The summed E-state index contributed by atoms with van der Waals surface area (Å²) in [6, 6.07) is 4.30. The van der Waals surface area contributed by atoms with Gasteiger partial charge in [0.1, 0.15) is 5.82 Å². The Labute approximate surface area is 110 Å². The number of nitrogens with zero attached hydrogens (tertiary/aromatic N) is 1. The molecule has 19 heavy (non-hydrogen) atoms. The lowest BCUT2D eigenvalue weighted by Gasteiger charge is -2.19. The van der Waals surface area contributed by atoms with Gasteiger partial charge in [-0.15, -0.1) is 0 Å². The Hall–Kier alpha value is -2.17. The number of para-hydroxylation sites is 1. The molecule has 1 amide bonds. The summed E-state index contributed by atoms with van der Waals surface area (Å²) < 4.78 is 13.9. The number of amides is 1. The third-order valence-corrected chi connectivity index (χ3v) is 2.84. The van der Waals surface area contributed by atoms with Crippen LogP contribution in [0.5, 0.6) is 0 Å². The number of fused-ring (bicyclic) bond motifs is 1. The zero-order chi connectivity index (χ0) is 14.2. The van der Waals surface area contributed by atoms with Gasteiger partial charge in [-0.05, 0) is 12.0 Å². The first-order valence-electron chi connectivity index (χ1n) is 5.97. The van der Waals surface area contributed by atoms with E-state index in [0.29, 0.717) is 12.1 Å². The lowest BCUT2D eigenvalue weighted by molar-refractivity contribution is -0.131. The average Bonchev–Trinajstić information content (AvgIpc) is 2.55. The fourth-order valence-electron chi connectivity index (χ4n) is 2.17. The Balaban J connectivity index is 2.59. The van der Waals surface area contributed by atoms with Gasteiger partial charge in [0.2, 0.25) is 0 Å². The van der Waals surface area contributed by atoms with Gasteiger partial charge in [-0.3, -0.25) is 4.79 Å². The van der Waals surface area contributed by atoms with Gasteiger partial charge in [0, 0.05) is 18.2 Å². The van der Waals surface area contributed by atoms with Crippen molar-refractivity contribution in [3.63, 3.8) is 0 Å². The van der Waals surface area contributed by atoms with Gasteiger partial charge >= 0.3 is 5.97 Å². The van der Waals surface area contributed by atoms with E-state index in [1.165, 1.54) is 17.0 Å². The van der Waals surface area contributed by atoms with Gasteiger partial charge in [0.25, 0.3) is 5.91 Å². The van der Waals surface area contributed by atoms with Crippen molar-refractivity contribution >= 4 is 23.1 Å². The zero-order valence-corrected chi connectivity index (χ0v) is 10.7. The van der Waals surface area contributed by atoms with Gasteiger partial charge in [-0.2, -0.15) is 0 Å². The molecule has 1 aliphatic rings. The molecule has 0 bridgehead atoms. The second-order valence-electron chi connectivity index (χ2n) is 4.84. The molecular weight excluding hydrogens is 249 g/mol. The zero-order valence-electron chi connectivity index (χ0n) is 10.7. The quantitative estimate of drug-likeness (QED) is 0.851. The van der Waals surface area contributed by atoms with Crippen molar-refractivity contribution in [3.8, 4) is 0 Å². The predicted molar refractivity (Wildman–Crippen MR) is 69.2 cm³/mol. The van der Waals surface area contributed by atoms with E-state index >= 15 is 0 Å². The second kappa shape index (κ2) is 4.84. The minimum atomic E-state index is -1.22. The van der Waals surface area contributed by atoms with Crippen molar-refractivity contribution in [2.45, 2.75) is 13.8 Å². The molecule has 1 aromatic carbocycles. The maximum atomic E-state index is 13.9. The van der Waals surface area contributed by atoms with Crippen LogP contribution in [0.4, 0.5) is 10.1 Å². The highest BCUT2D eigenvalue weighted by atomic mass is 19.1. The topological polar surface area (TPSA) is 57.6 Å². The Bertz CT molecular complexity index is 578. The van der Waals surface area contributed by atoms with Gasteiger partial charge in [0.15, 0.2) is 0 Å². The lowest BCUT2D eigenvalue weighted by atomic mass is 10.1. The summed E-state index contributed by atoms with van der Waals surface area (Å²) >= 11 is 0. The lowest BCUT2D eigenvalue weighted by Crippen LogP contribution is -2.31. The summed E-state index contributed by atoms with van der Waals surface area (Å²) in [4.78, 5) is 24.3. The molecule has 1 heterocycles. The van der Waals surface area contributed by atoms with Crippen LogP contribution in [0.1, 0.15) is 19.4 Å². The summed E-state index contributed by atoms with van der Waals surface area (Å²) in [5.74, 6) is -2.04. The summed E-state index contributed by atoms with van der Waals surface area (Å²) in [5, 5.41) is 8.81. The first kappa shape index (κ1) is 13.3. The van der Waals surface area contributed by atoms with Crippen molar-refractivity contribution in [3.05, 3.63) is 35.7 Å². The molecule has 4 nitrogen and oxygen atoms in total. The predicted octanol–water partition coefficient (Wildman–Crippen LogP) is 2.30. The van der Waals surface area contributed by atoms with Crippen LogP contribution >= 0.6 is 0 Å². The van der Waals surface area contributed by atoms with Crippen molar-refractivity contribution in [1.82, 2.24) is 0 Å². The van der Waals surface area contributed by atoms with E-state index in [-0.39, 0.29) is 17.2 Å². The monoisotopic (exact) mass is 263 g/mol. The second-order valence-corrected chi connectivity index (χ2v) is 4.84. The fourth-order valence-corrected chi connectivity index (χ4v) is 2.17. The molecule has 100 valence electrons. The van der Waals surface area contributed by atoms with Crippen LogP contribution in [0, 0.1) is 11.7 Å². The Kier molecular flexibility index (Phi) is 3.38. The van der Waals surface area contributed by atoms with Crippen LogP contribution in [0.3, 0.4) is 0 Å². The van der Waals surface area contributed by atoms with Crippen LogP contribution in [0.15, 0.2) is 24.3 Å². The highest BCUT2D eigenvalue weighted by Gasteiger charge is 2.35. The number of benzene rings is 1. The van der Waals surface area contributed by atoms with E-state index in [2.05, 4.69) is 0 Å². The smallest absolute Gasteiger partial charge is 0.329 e. The van der Waals surface area contributed by atoms with Crippen LogP contribution in [0.25, 0.3) is 5.57 Å². The maximum Gasteiger partial charge on any atom is 0.329 e. The van der Waals surface area contributed by atoms with Gasteiger partial charge < -0.3 is 10.0 Å². The van der Waals surface area contributed by atoms with E-state index in [1.807, 2.05) is 13.8 Å². The Morgan fingerprint density at radius 1 is 1.47 bits per heavy atom. The van der Waals surface area contributed by atoms with E-state index in [0.717, 1.165) is 6.08 Å². The molecule has 0 unspecified atom stereocenters. The molecule has 0 saturated carbocycles. The summed E-state index contributed by atoms with van der Waals surface area (Å²) in [6.45, 7) is 4.17. The van der Waals surface area contributed by atoms with Gasteiger partial charge in [-0.25, -0.2) is 9.18 Å². The number of anilines is 1. The number of halogens is 1. The van der Waals surface area contributed by atoms with E-state index in [9.17, 15) is 14.0 Å². The highest BCUT2D eigenvalue weighted by molar-refractivity contribution is 6.34. The molecule has 0 aliphatic carbocycles. The third kappa shape index (κ3) is 2.36. The Morgan fingerprint density at radius 3 is 2.74 bits per heavy atom. The average molecular weight is 263 g/mol. The molecular formula is C14H14FNO3. The standard InChI is InChI=1S/C14H14FNO3/c1-8(2)7-16-13-9(4-3-5-11(13)15)10(14(16)19)6-12(17)18/h3-6,8H,7H2,1-2H3,(H,17,18)/b10-6+. The number of rotatable bonds is 3. The fraction of sp³-hybridized carbons (Fsp3) is 0.286. The normalized spacial score (nSPS) is 16.3. The molecule has 0 saturated heterocycles. The summed E-state index contributed by atoms with van der Waals surface area (Å²) in [7, 11) is 0. The molecule has 1 aromatic rings. The van der Waals surface area contributed by atoms with Crippen molar-refractivity contribution in [2.24, 2.45) is 5.92 Å². The number of hydrogen-bond donors (Lipinski definition) is 1. The number of carbonyl (C=O) groups is 2. The van der Waals surface area contributed by atoms with Crippen LogP contribution < -0.4 is 4.90 Å². The maximum absolute atomic E-state index is 13.9. The number of carboxylic acids is 1. The molecule has 1 N–H and O–H groups in total. The van der Waals surface area contributed by atoms with Crippen LogP contribution in [-0.4, -0.2) is 23.5 Å². The molecule has 1 aliphatic heterocycles. The van der Waals surface area contributed by atoms with Crippen molar-refractivity contribution in [1.29, 1.82) is 0 Å². The molecule has 0 aromatic heterocycles. The summed E-state index contributed by atoms with van der Waals surface area (Å²) in [6.07, 6.45) is 0.834. The van der Waals surface area contributed by atoms with Gasteiger partial charge in [0.05, 0.1) is 11.3 Å². The third-order valence-electron chi connectivity index (χ3n) is 2.84. The molecule has 0 spiro atoms. The minimum absolute atomic E-state index is 0.0302. The molecule has 0 atom stereocenters. The Morgan fingerprint density at radius 2 is 2.16 bits per heavy atom. The molecule has 2 rings (SSSR count).